The standard InChI is InChI=1S/C19H27NO2/c1-5-20(6-2)14-15-22-19(21)17(4)8-7-9-18-12-10-16(3)11-13-18/h7-13H,5-6,14-15H2,1-4H3. The second-order valence-electron chi connectivity index (χ2n) is 5.28. The van der Waals surface area contributed by atoms with E-state index in [0.717, 1.165) is 25.2 Å². The summed E-state index contributed by atoms with van der Waals surface area (Å²) in [7, 11) is 0. The van der Waals surface area contributed by atoms with Gasteiger partial charge in [0, 0.05) is 12.1 Å². The Balaban J connectivity index is 2.43. The van der Waals surface area contributed by atoms with Crippen LogP contribution in [0.4, 0.5) is 0 Å². The first-order valence-corrected chi connectivity index (χ1v) is 7.88. The van der Waals surface area contributed by atoms with E-state index in [0.29, 0.717) is 12.2 Å². The van der Waals surface area contributed by atoms with Gasteiger partial charge in [-0.3, -0.25) is 0 Å². The van der Waals surface area contributed by atoms with Crippen LogP contribution in [0.2, 0.25) is 0 Å². The molecule has 0 aliphatic carbocycles. The smallest absolute Gasteiger partial charge is 0.333 e. The molecule has 0 aromatic heterocycles. The molecule has 0 saturated carbocycles. The SMILES string of the molecule is CCN(CC)CCOC(=O)C(C)=CC=Cc1ccc(C)cc1. The number of rotatable bonds is 8. The Labute approximate surface area is 134 Å². The number of ether oxygens (including phenoxy) is 1. The monoisotopic (exact) mass is 301 g/mol. The van der Waals surface area contributed by atoms with Crippen LogP contribution < -0.4 is 0 Å². The molecular weight excluding hydrogens is 274 g/mol. The van der Waals surface area contributed by atoms with E-state index in [2.05, 4.69) is 49.9 Å². The van der Waals surface area contributed by atoms with Crippen LogP contribution in [-0.2, 0) is 9.53 Å². The molecule has 22 heavy (non-hydrogen) atoms. The van der Waals surface area contributed by atoms with Crippen molar-refractivity contribution >= 4 is 12.0 Å². The topological polar surface area (TPSA) is 29.5 Å². The Hall–Kier alpha value is -1.87. The highest BCUT2D eigenvalue weighted by atomic mass is 16.5. The lowest BCUT2D eigenvalue weighted by molar-refractivity contribution is -0.139. The molecule has 0 heterocycles. The first-order valence-electron chi connectivity index (χ1n) is 7.88. The van der Waals surface area contributed by atoms with Crippen molar-refractivity contribution in [1.82, 2.24) is 4.90 Å². The number of hydrogen-bond acceptors (Lipinski definition) is 3. The number of allylic oxidation sites excluding steroid dienone is 2. The van der Waals surface area contributed by atoms with Crippen LogP contribution in [0.5, 0.6) is 0 Å². The maximum atomic E-state index is 11.8. The third-order valence-electron chi connectivity index (χ3n) is 3.57. The van der Waals surface area contributed by atoms with Gasteiger partial charge in [0.2, 0.25) is 0 Å². The molecule has 0 N–H and O–H groups in total. The molecule has 120 valence electrons. The fourth-order valence-corrected chi connectivity index (χ4v) is 1.97. The summed E-state index contributed by atoms with van der Waals surface area (Å²) in [5.41, 5.74) is 2.97. The van der Waals surface area contributed by atoms with E-state index in [1.807, 2.05) is 12.2 Å². The van der Waals surface area contributed by atoms with Crippen molar-refractivity contribution in [2.45, 2.75) is 27.7 Å². The van der Waals surface area contributed by atoms with Crippen molar-refractivity contribution in [2.24, 2.45) is 0 Å². The quantitative estimate of drug-likeness (QED) is 0.415. The Bertz CT molecular complexity index is 511. The van der Waals surface area contributed by atoms with Crippen LogP contribution in [0, 0.1) is 6.92 Å². The molecule has 0 atom stereocenters. The van der Waals surface area contributed by atoms with Crippen LogP contribution in [0.15, 0.2) is 42.0 Å². The molecule has 3 heteroatoms. The number of likely N-dealkylation sites (N-methyl/N-ethyl adjacent to an activating group) is 1. The van der Waals surface area contributed by atoms with Crippen molar-refractivity contribution < 1.29 is 9.53 Å². The molecule has 0 bridgehead atoms. The van der Waals surface area contributed by atoms with E-state index >= 15 is 0 Å². The zero-order valence-electron chi connectivity index (χ0n) is 14.1. The molecule has 0 amide bonds. The number of benzene rings is 1. The van der Waals surface area contributed by atoms with Crippen molar-refractivity contribution in [3.63, 3.8) is 0 Å². The van der Waals surface area contributed by atoms with Gasteiger partial charge in [-0.1, -0.05) is 61.9 Å². The Morgan fingerprint density at radius 3 is 2.41 bits per heavy atom. The molecule has 1 aromatic carbocycles. The fraction of sp³-hybridized carbons (Fsp3) is 0.421. The van der Waals surface area contributed by atoms with Crippen molar-refractivity contribution in [2.75, 3.05) is 26.2 Å². The molecule has 0 unspecified atom stereocenters. The Morgan fingerprint density at radius 2 is 1.82 bits per heavy atom. The van der Waals surface area contributed by atoms with Gasteiger partial charge in [-0.15, -0.1) is 0 Å². The van der Waals surface area contributed by atoms with Crippen LogP contribution in [0.3, 0.4) is 0 Å². The summed E-state index contributed by atoms with van der Waals surface area (Å²) in [6, 6.07) is 8.24. The van der Waals surface area contributed by atoms with E-state index < -0.39 is 0 Å². The summed E-state index contributed by atoms with van der Waals surface area (Å²) < 4.78 is 5.27. The number of nitrogens with zero attached hydrogens (tertiary/aromatic N) is 1. The molecule has 1 aromatic rings. The molecule has 0 aliphatic heterocycles. The van der Waals surface area contributed by atoms with Gasteiger partial charge in [0.15, 0.2) is 0 Å². The van der Waals surface area contributed by atoms with Crippen molar-refractivity contribution in [1.29, 1.82) is 0 Å². The van der Waals surface area contributed by atoms with E-state index in [1.165, 1.54) is 5.56 Å². The summed E-state index contributed by atoms with van der Waals surface area (Å²) in [6.07, 6.45) is 5.65. The Kier molecular flexibility index (Phi) is 8.23. The van der Waals surface area contributed by atoms with Gasteiger partial charge in [-0.25, -0.2) is 4.79 Å². The molecule has 0 fully saturated rings. The van der Waals surface area contributed by atoms with E-state index in [-0.39, 0.29) is 5.97 Å². The summed E-state index contributed by atoms with van der Waals surface area (Å²) in [5.74, 6) is -0.249. The number of carbonyl (C=O) groups excluding carboxylic acids is 1. The average molecular weight is 301 g/mol. The zero-order valence-corrected chi connectivity index (χ0v) is 14.1. The van der Waals surface area contributed by atoms with Crippen LogP contribution in [0.25, 0.3) is 6.08 Å². The lowest BCUT2D eigenvalue weighted by Gasteiger charge is -2.17. The first kappa shape index (κ1) is 18.2. The molecule has 3 nitrogen and oxygen atoms in total. The summed E-state index contributed by atoms with van der Waals surface area (Å²) in [6.45, 7) is 11.2. The van der Waals surface area contributed by atoms with Gasteiger partial charge in [0.05, 0.1) is 0 Å². The normalized spacial score (nSPS) is 12.1. The highest BCUT2D eigenvalue weighted by Crippen LogP contribution is 2.06. The van der Waals surface area contributed by atoms with Gasteiger partial charge in [0.25, 0.3) is 0 Å². The predicted molar refractivity (Wildman–Crippen MR) is 92.7 cm³/mol. The lowest BCUT2D eigenvalue weighted by Crippen LogP contribution is -2.28. The maximum Gasteiger partial charge on any atom is 0.333 e. The first-order chi connectivity index (χ1) is 10.6. The van der Waals surface area contributed by atoms with Gasteiger partial charge < -0.3 is 9.64 Å². The van der Waals surface area contributed by atoms with Crippen LogP contribution in [0.1, 0.15) is 31.9 Å². The highest BCUT2D eigenvalue weighted by Gasteiger charge is 2.05. The molecule has 0 radical (unpaired) electrons. The van der Waals surface area contributed by atoms with Gasteiger partial charge in [-0.05, 0) is 32.5 Å². The molecule has 1 rings (SSSR count). The third-order valence-corrected chi connectivity index (χ3v) is 3.57. The fourth-order valence-electron chi connectivity index (χ4n) is 1.97. The van der Waals surface area contributed by atoms with Crippen LogP contribution in [-0.4, -0.2) is 37.1 Å². The highest BCUT2D eigenvalue weighted by molar-refractivity contribution is 5.88. The number of hydrogen-bond donors (Lipinski definition) is 0. The molecule has 0 spiro atoms. The predicted octanol–water partition coefficient (Wildman–Crippen LogP) is 3.84. The second kappa shape index (κ2) is 9.96. The van der Waals surface area contributed by atoms with Crippen molar-refractivity contribution in [3.05, 3.63) is 53.1 Å². The minimum atomic E-state index is -0.249. The Morgan fingerprint density at radius 1 is 1.18 bits per heavy atom. The average Bonchev–Trinajstić information content (AvgIpc) is 2.53. The van der Waals surface area contributed by atoms with Gasteiger partial charge in [0.1, 0.15) is 6.61 Å². The summed E-state index contributed by atoms with van der Waals surface area (Å²) in [4.78, 5) is 14.1. The van der Waals surface area contributed by atoms with E-state index in [4.69, 9.17) is 4.74 Å². The molecule has 0 saturated heterocycles. The van der Waals surface area contributed by atoms with Crippen LogP contribution >= 0.6 is 0 Å². The number of esters is 1. The van der Waals surface area contributed by atoms with Crippen molar-refractivity contribution in [3.8, 4) is 0 Å². The van der Waals surface area contributed by atoms with Gasteiger partial charge >= 0.3 is 5.97 Å². The van der Waals surface area contributed by atoms with E-state index in [9.17, 15) is 4.79 Å². The minimum Gasteiger partial charge on any atom is -0.461 e. The largest absolute Gasteiger partial charge is 0.461 e. The lowest BCUT2D eigenvalue weighted by atomic mass is 10.1. The molecular formula is C19H27NO2. The van der Waals surface area contributed by atoms with Gasteiger partial charge in [-0.2, -0.15) is 0 Å². The summed E-state index contributed by atoms with van der Waals surface area (Å²) in [5, 5.41) is 0. The maximum absolute atomic E-state index is 11.8. The van der Waals surface area contributed by atoms with E-state index in [1.54, 1.807) is 13.0 Å². The minimum absolute atomic E-state index is 0.249. The second-order valence-corrected chi connectivity index (χ2v) is 5.28. The zero-order chi connectivity index (χ0) is 16.4. The molecule has 0 aliphatic rings. The number of carbonyl (C=O) groups is 1. The third kappa shape index (κ3) is 6.72. The summed E-state index contributed by atoms with van der Waals surface area (Å²) >= 11 is 0. The number of aryl methyl sites for hydroxylation is 1.